The third kappa shape index (κ3) is 3.74. The van der Waals surface area contributed by atoms with Gasteiger partial charge in [0.2, 0.25) is 0 Å². The fraction of sp³-hybridized carbons (Fsp3) is 0.500. The molecular weight excluding hydrogens is 228 g/mol. The highest BCUT2D eigenvalue weighted by molar-refractivity contribution is 5.94. The molecule has 100 valence electrons. The second kappa shape index (κ2) is 5.40. The SMILES string of the molecule is CCN(CC(C)(C)O)C(=O)c1ccc(N)c(C)c1. The number of benzene rings is 1. The first-order valence-corrected chi connectivity index (χ1v) is 6.12. The average Bonchev–Trinajstić information content (AvgIpc) is 2.27. The van der Waals surface area contributed by atoms with Crippen LogP contribution in [0, 0.1) is 6.92 Å². The van der Waals surface area contributed by atoms with Crippen LogP contribution >= 0.6 is 0 Å². The number of hydrogen-bond donors (Lipinski definition) is 2. The molecule has 0 heterocycles. The Morgan fingerprint density at radius 1 is 1.44 bits per heavy atom. The maximum Gasteiger partial charge on any atom is 0.253 e. The molecule has 0 spiro atoms. The molecule has 18 heavy (non-hydrogen) atoms. The maximum absolute atomic E-state index is 12.3. The number of carbonyl (C=O) groups is 1. The van der Waals surface area contributed by atoms with E-state index in [1.165, 1.54) is 0 Å². The van der Waals surface area contributed by atoms with Crippen LogP contribution in [-0.4, -0.2) is 34.6 Å². The highest BCUT2D eigenvalue weighted by atomic mass is 16.3. The van der Waals surface area contributed by atoms with Crippen molar-refractivity contribution in [1.29, 1.82) is 0 Å². The number of hydrogen-bond acceptors (Lipinski definition) is 3. The summed E-state index contributed by atoms with van der Waals surface area (Å²) >= 11 is 0. The first-order valence-electron chi connectivity index (χ1n) is 6.12. The molecule has 0 aliphatic carbocycles. The molecule has 4 heteroatoms. The van der Waals surface area contributed by atoms with Crippen molar-refractivity contribution in [2.45, 2.75) is 33.3 Å². The van der Waals surface area contributed by atoms with Crippen LogP contribution in [0.4, 0.5) is 5.69 Å². The van der Waals surface area contributed by atoms with Crippen LogP contribution in [-0.2, 0) is 0 Å². The highest BCUT2D eigenvalue weighted by Gasteiger charge is 2.22. The Morgan fingerprint density at radius 2 is 2.06 bits per heavy atom. The number of amides is 1. The molecule has 4 nitrogen and oxygen atoms in total. The summed E-state index contributed by atoms with van der Waals surface area (Å²) in [6, 6.07) is 5.24. The van der Waals surface area contributed by atoms with E-state index in [9.17, 15) is 9.90 Å². The van der Waals surface area contributed by atoms with Gasteiger partial charge in [-0.3, -0.25) is 4.79 Å². The summed E-state index contributed by atoms with van der Waals surface area (Å²) < 4.78 is 0. The van der Waals surface area contributed by atoms with Gasteiger partial charge in [0.05, 0.1) is 5.60 Å². The third-order valence-electron chi connectivity index (χ3n) is 2.76. The Labute approximate surface area is 108 Å². The van der Waals surface area contributed by atoms with Crippen molar-refractivity contribution in [3.63, 3.8) is 0 Å². The number of aliphatic hydroxyl groups is 1. The van der Waals surface area contributed by atoms with Crippen molar-refractivity contribution in [2.75, 3.05) is 18.8 Å². The van der Waals surface area contributed by atoms with E-state index in [-0.39, 0.29) is 5.91 Å². The smallest absolute Gasteiger partial charge is 0.253 e. The molecule has 0 fully saturated rings. The summed E-state index contributed by atoms with van der Waals surface area (Å²) in [5, 5.41) is 9.80. The lowest BCUT2D eigenvalue weighted by atomic mass is 10.1. The normalized spacial score (nSPS) is 11.4. The van der Waals surface area contributed by atoms with Gasteiger partial charge in [0.25, 0.3) is 5.91 Å². The minimum absolute atomic E-state index is 0.0808. The van der Waals surface area contributed by atoms with Crippen LogP contribution in [0.25, 0.3) is 0 Å². The molecule has 0 saturated carbocycles. The van der Waals surface area contributed by atoms with Crippen LogP contribution in [0.5, 0.6) is 0 Å². The van der Waals surface area contributed by atoms with E-state index < -0.39 is 5.60 Å². The molecule has 0 aliphatic heterocycles. The van der Waals surface area contributed by atoms with Crippen molar-refractivity contribution >= 4 is 11.6 Å². The van der Waals surface area contributed by atoms with E-state index in [1.54, 1.807) is 36.9 Å². The van der Waals surface area contributed by atoms with Crippen molar-refractivity contribution in [3.05, 3.63) is 29.3 Å². The first-order chi connectivity index (χ1) is 8.24. The van der Waals surface area contributed by atoms with Gasteiger partial charge in [0, 0.05) is 24.3 Å². The van der Waals surface area contributed by atoms with Gasteiger partial charge in [-0.15, -0.1) is 0 Å². The Hall–Kier alpha value is -1.55. The minimum atomic E-state index is -0.894. The van der Waals surface area contributed by atoms with Gasteiger partial charge in [-0.25, -0.2) is 0 Å². The van der Waals surface area contributed by atoms with Crippen molar-refractivity contribution in [2.24, 2.45) is 0 Å². The molecule has 0 unspecified atom stereocenters. The zero-order chi connectivity index (χ0) is 13.9. The van der Waals surface area contributed by atoms with Gasteiger partial charge in [0.15, 0.2) is 0 Å². The van der Waals surface area contributed by atoms with Gasteiger partial charge < -0.3 is 15.7 Å². The molecule has 0 aliphatic rings. The van der Waals surface area contributed by atoms with Crippen LogP contribution in [0.3, 0.4) is 0 Å². The number of nitrogens with zero attached hydrogens (tertiary/aromatic N) is 1. The van der Waals surface area contributed by atoms with E-state index in [2.05, 4.69) is 0 Å². The largest absolute Gasteiger partial charge is 0.399 e. The number of nitrogens with two attached hydrogens (primary N) is 1. The van der Waals surface area contributed by atoms with Gasteiger partial charge in [-0.05, 0) is 51.5 Å². The lowest BCUT2D eigenvalue weighted by Gasteiger charge is -2.28. The first kappa shape index (κ1) is 14.5. The summed E-state index contributed by atoms with van der Waals surface area (Å²) in [5.74, 6) is -0.0808. The van der Waals surface area contributed by atoms with Crippen molar-refractivity contribution < 1.29 is 9.90 Å². The molecule has 1 amide bonds. The Balaban J connectivity index is 2.93. The number of rotatable bonds is 4. The Kier molecular flexibility index (Phi) is 4.35. The van der Waals surface area contributed by atoms with Gasteiger partial charge in [-0.1, -0.05) is 0 Å². The topological polar surface area (TPSA) is 66.6 Å². The average molecular weight is 250 g/mol. The second-order valence-corrected chi connectivity index (χ2v) is 5.20. The molecule has 0 bridgehead atoms. The number of likely N-dealkylation sites (N-methyl/N-ethyl adjacent to an activating group) is 1. The predicted octanol–water partition coefficient (Wildman–Crippen LogP) is 1.81. The zero-order valence-corrected chi connectivity index (χ0v) is 11.5. The van der Waals surface area contributed by atoms with Crippen molar-refractivity contribution in [3.8, 4) is 0 Å². The fourth-order valence-corrected chi connectivity index (χ4v) is 1.79. The number of carbonyl (C=O) groups excluding carboxylic acids is 1. The fourth-order valence-electron chi connectivity index (χ4n) is 1.79. The predicted molar refractivity (Wildman–Crippen MR) is 73.5 cm³/mol. The standard InChI is InChI=1S/C14H22N2O2/c1-5-16(9-14(3,4)18)13(17)11-6-7-12(15)10(2)8-11/h6-8,18H,5,9,15H2,1-4H3. The van der Waals surface area contributed by atoms with Crippen LogP contribution < -0.4 is 5.73 Å². The molecule has 1 rings (SSSR count). The lowest BCUT2D eigenvalue weighted by molar-refractivity contribution is 0.0314. The van der Waals surface area contributed by atoms with Crippen LogP contribution in [0.1, 0.15) is 36.7 Å². The summed E-state index contributed by atoms with van der Waals surface area (Å²) in [5.41, 5.74) is 7.01. The van der Waals surface area contributed by atoms with Crippen LogP contribution in [0.2, 0.25) is 0 Å². The van der Waals surface area contributed by atoms with E-state index in [0.717, 1.165) is 5.56 Å². The molecule has 1 aromatic rings. The number of anilines is 1. The van der Waals surface area contributed by atoms with E-state index >= 15 is 0 Å². The van der Waals surface area contributed by atoms with Gasteiger partial charge in [-0.2, -0.15) is 0 Å². The number of nitrogen functional groups attached to an aromatic ring is 1. The highest BCUT2D eigenvalue weighted by Crippen LogP contribution is 2.15. The lowest BCUT2D eigenvalue weighted by Crippen LogP contribution is -2.42. The summed E-state index contributed by atoms with van der Waals surface area (Å²) in [6.07, 6.45) is 0. The minimum Gasteiger partial charge on any atom is -0.399 e. The molecule has 0 aromatic heterocycles. The third-order valence-corrected chi connectivity index (χ3v) is 2.76. The quantitative estimate of drug-likeness (QED) is 0.801. The monoisotopic (exact) mass is 250 g/mol. The summed E-state index contributed by atoms with van der Waals surface area (Å²) in [7, 11) is 0. The van der Waals surface area contributed by atoms with Gasteiger partial charge >= 0.3 is 0 Å². The van der Waals surface area contributed by atoms with E-state index in [4.69, 9.17) is 5.73 Å². The Morgan fingerprint density at radius 3 is 2.50 bits per heavy atom. The summed E-state index contributed by atoms with van der Waals surface area (Å²) in [6.45, 7) is 8.03. The molecule has 0 atom stereocenters. The number of aryl methyl sites for hydroxylation is 1. The van der Waals surface area contributed by atoms with Crippen LogP contribution in [0.15, 0.2) is 18.2 Å². The maximum atomic E-state index is 12.3. The molecular formula is C14H22N2O2. The Bertz CT molecular complexity index is 436. The summed E-state index contributed by atoms with van der Waals surface area (Å²) in [4.78, 5) is 13.9. The molecule has 0 radical (unpaired) electrons. The van der Waals surface area contributed by atoms with E-state index in [1.807, 2.05) is 13.8 Å². The van der Waals surface area contributed by atoms with Gasteiger partial charge in [0.1, 0.15) is 0 Å². The zero-order valence-electron chi connectivity index (χ0n) is 11.5. The van der Waals surface area contributed by atoms with Crippen molar-refractivity contribution in [1.82, 2.24) is 4.90 Å². The molecule has 3 N–H and O–H groups in total. The second-order valence-electron chi connectivity index (χ2n) is 5.20. The molecule has 1 aromatic carbocycles. The van der Waals surface area contributed by atoms with E-state index in [0.29, 0.717) is 24.3 Å². The molecule has 0 saturated heterocycles.